The third-order valence-corrected chi connectivity index (χ3v) is 6.46. The summed E-state index contributed by atoms with van der Waals surface area (Å²) in [5.74, 6) is -0.754. The number of fused-ring (bicyclic) bond motifs is 4. The van der Waals surface area contributed by atoms with E-state index in [0.29, 0.717) is 18.3 Å². The predicted molar refractivity (Wildman–Crippen MR) is 104 cm³/mol. The quantitative estimate of drug-likeness (QED) is 0.817. The summed E-state index contributed by atoms with van der Waals surface area (Å²) in [6.45, 7) is 5.83. The number of hydrogen-bond acceptors (Lipinski definition) is 3. The number of rotatable bonds is 5. The molecule has 1 saturated heterocycles. The monoisotopic (exact) mass is 387 g/mol. The number of piperidine rings is 1. The fraction of sp³-hybridized carbons (Fsp3) is 0.478. The highest BCUT2D eigenvalue weighted by atomic mass is 19.1. The first-order chi connectivity index (χ1) is 13.4. The molecule has 0 aromatic heterocycles. The predicted octanol–water partition coefficient (Wildman–Crippen LogP) is 4.55. The highest BCUT2D eigenvalue weighted by Gasteiger charge is 2.43. The molecule has 28 heavy (non-hydrogen) atoms. The van der Waals surface area contributed by atoms with Gasteiger partial charge in [-0.25, -0.2) is 8.78 Å². The van der Waals surface area contributed by atoms with E-state index < -0.39 is 11.6 Å². The van der Waals surface area contributed by atoms with Gasteiger partial charge in [-0.2, -0.15) is 0 Å². The zero-order valence-corrected chi connectivity index (χ0v) is 16.4. The van der Waals surface area contributed by atoms with Crippen LogP contribution in [-0.2, 0) is 23.2 Å². The Morgan fingerprint density at radius 1 is 1.21 bits per heavy atom. The van der Waals surface area contributed by atoms with Gasteiger partial charge >= 0.3 is 0 Å². The summed E-state index contributed by atoms with van der Waals surface area (Å²) < 4.78 is 33.4. The molecule has 2 aliphatic rings. The number of nitrogens with zero attached hydrogens (tertiary/aromatic N) is 1. The molecular weight excluding hydrogens is 360 g/mol. The third kappa shape index (κ3) is 3.53. The van der Waals surface area contributed by atoms with Crippen LogP contribution in [0.3, 0.4) is 0 Å². The van der Waals surface area contributed by atoms with Crippen molar-refractivity contribution in [2.75, 3.05) is 13.1 Å². The average molecular weight is 387 g/mol. The van der Waals surface area contributed by atoms with Gasteiger partial charge in [0, 0.05) is 18.2 Å². The molecule has 3 unspecified atom stereocenters. The molecule has 0 amide bonds. The van der Waals surface area contributed by atoms with Crippen LogP contribution in [0.1, 0.15) is 43.4 Å². The molecule has 2 aromatic carbocycles. The zero-order valence-electron chi connectivity index (χ0n) is 16.4. The van der Waals surface area contributed by atoms with Crippen LogP contribution in [0.2, 0.25) is 0 Å². The van der Waals surface area contributed by atoms with Crippen LogP contribution in [-0.4, -0.2) is 35.2 Å². The van der Waals surface area contributed by atoms with E-state index in [1.807, 2.05) is 13.0 Å². The van der Waals surface area contributed by atoms with Gasteiger partial charge in [-0.05, 0) is 67.5 Å². The molecule has 1 aliphatic carbocycles. The van der Waals surface area contributed by atoms with Crippen molar-refractivity contribution < 1.29 is 18.6 Å². The molecular formula is C23H27F2NO2. The van der Waals surface area contributed by atoms with E-state index in [1.165, 1.54) is 23.8 Å². The summed E-state index contributed by atoms with van der Waals surface area (Å²) in [5, 5.41) is 10.3. The number of benzene rings is 2. The van der Waals surface area contributed by atoms with E-state index >= 15 is 0 Å². The Kier molecular flexibility index (Phi) is 5.15. The Labute approximate surface area is 164 Å². The maximum absolute atomic E-state index is 13.8. The van der Waals surface area contributed by atoms with Crippen LogP contribution in [0.15, 0.2) is 36.4 Å². The summed E-state index contributed by atoms with van der Waals surface area (Å²) in [6.07, 6.45) is 2.76. The SMILES string of the molecule is CC(CN1CCC2(C)CC1Cc1c(O)cccc12)OCc1c(F)cccc1F. The number of aromatic hydroxyl groups is 1. The Bertz CT molecular complexity index is 851. The normalized spacial score (nSPS) is 25.4. The minimum Gasteiger partial charge on any atom is -0.508 e. The van der Waals surface area contributed by atoms with Crippen molar-refractivity contribution in [1.82, 2.24) is 4.90 Å². The number of phenolic OH excluding ortho intramolecular Hbond substituents is 1. The fourth-order valence-electron chi connectivity index (χ4n) is 4.88. The van der Waals surface area contributed by atoms with Gasteiger partial charge in [-0.3, -0.25) is 4.90 Å². The van der Waals surface area contributed by atoms with Crippen LogP contribution in [0.25, 0.3) is 0 Å². The van der Waals surface area contributed by atoms with Gasteiger partial charge in [0.25, 0.3) is 0 Å². The molecule has 2 aromatic rings. The molecule has 4 rings (SSSR count). The summed E-state index contributed by atoms with van der Waals surface area (Å²) in [6, 6.07) is 10.1. The lowest BCUT2D eigenvalue weighted by atomic mass is 9.65. The molecule has 3 atom stereocenters. The topological polar surface area (TPSA) is 32.7 Å². The molecule has 2 bridgehead atoms. The molecule has 3 nitrogen and oxygen atoms in total. The van der Waals surface area contributed by atoms with Crippen molar-refractivity contribution in [3.8, 4) is 5.75 Å². The molecule has 1 fully saturated rings. The number of halogens is 2. The van der Waals surface area contributed by atoms with Gasteiger partial charge in [0.1, 0.15) is 17.4 Å². The largest absolute Gasteiger partial charge is 0.508 e. The van der Waals surface area contributed by atoms with Gasteiger partial charge in [-0.15, -0.1) is 0 Å². The van der Waals surface area contributed by atoms with Crippen LogP contribution in [0.4, 0.5) is 8.78 Å². The first-order valence-electron chi connectivity index (χ1n) is 9.97. The highest BCUT2D eigenvalue weighted by molar-refractivity contribution is 5.46. The van der Waals surface area contributed by atoms with Crippen molar-refractivity contribution in [2.45, 2.75) is 57.3 Å². The van der Waals surface area contributed by atoms with E-state index in [9.17, 15) is 13.9 Å². The van der Waals surface area contributed by atoms with Gasteiger partial charge in [-0.1, -0.05) is 25.1 Å². The van der Waals surface area contributed by atoms with E-state index in [-0.39, 0.29) is 23.7 Å². The molecule has 1 aliphatic heterocycles. The van der Waals surface area contributed by atoms with E-state index in [4.69, 9.17) is 4.74 Å². The molecule has 150 valence electrons. The fourth-order valence-corrected chi connectivity index (χ4v) is 4.88. The van der Waals surface area contributed by atoms with Crippen molar-refractivity contribution in [2.24, 2.45) is 0 Å². The lowest BCUT2D eigenvalue weighted by molar-refractivity contribution is -0.00537. The van der Waals surface area contributed by atoms with E-state index in [0.717, 1.165) is 31.4 Å². The molecule has 0 radical (unpaired) electrons. The van der Waals surface area contributed by atoms with Crippen molar-refractivity contribution in [3.63, 3.8) is 0 Å². The maximum atomic E-state index is 13.8. The molecule has 5 heteroatoms. The van der Waals surface area contributed by atoms with Gasteiger partial charge in [0.05, 0.1) is 12.7 Å². The Balaban J connectivity index is 1.42. The van der Waals surface area contributed by atoms with Gasteiger partial charge in [0.15, 0.2) is 0 Å². The first kappa shape index (κ1) is 19.3. The lowest BCUT2D eigenvalue weighted by Crippen LogP contribution is -2.53. The van der Waals surface area contributed by atoms with Crippen LogP contribution in [0.5, 0.6) is 5.75 Å². The second kappa shape index (κ2) is 7.45. The molecule has 1 heterocycles. The van der Waals surface area contributed by atoms with Crippen molar-refractivity contribution in [3.05, 3.63) is 64.7 Å². The van der Waals surface area contributed by atoms with Gasteiger partial charge in [0.2, 0.25) is 0 Å². The summed E-state index contributed by atoms with van der Waals surface area (Å²) in [5.41, 5.74) is 2.42. The van der Waals surface area contributed by atoms with Crippen molar-refractivity contribution in [1.29, 1.82) is 0 Å². The molecule has 1 N–H and O–H groups in total. The minimum absolute atomic E-state index is 0.0166. The smallest absolute Gasteiger partial charge is 0.131 e. The standard InChI is InChI=1S/C23H27F2NO2/c1-15(28-14-18-20(24)6-4-7-21(18)25)13-26-10-9-23(2)12-16(26)11-17-19(23)5-3-8-22(17)27/h3-8,15-16,27H,9-14H2,1-2H3. The molecule has 0 saturated carbocycles. The van der Waals surface area contributed by atoms with E-state index in [2.05, 4.69) is 17.9 Å². The number of hydrogen-bond donors (Lipinski definition) is 1. The van der Waals surface area contributed by atoms with Crippen molar-refractivity contribution >= 4 is 0 Å². The van der Waals surface area contributed by atoms with Crippen LogP contribution in [0, 0.1) is 11.6 Å². The Morgan fingerprint density at radius 2 is 1.93 bits per heavy atom. The maximum Gasteiger partial charge on any atom is 0.131 e. The highest BCUT2D eigenvalue weighted by Crippen LogP contribution is 2.46. The third-order valence-electron chi connectivity index (χ3n) is 6.46. The summed E-state index contributed by atoms with van der Waals surface area (Å²) in [7, 11) is 0. The summed E-state index contributed by atoms with van der Waals surface area (Å²) in [4.78, 5) is 2.40. The minimum atomic E-state index is -0.569. The molecule has 0 spiro atoms. The first-order valence-corrected chi connectivity index (χ1v) is 9.97. The van der Waals surface area contributed by atoms with E-state index in [1.54, 1.807) is 6.07 Å². The Hall–Kier alpha value is -1.98. The van der Waals surface area contributed by atoms with Gasteiger partial charge < -0.3 is 9.84 Å². The average Bonchev–Trinajstić information content (AvgIpc) is 2.65. The lowest BCUT2D eigenvalue weighted by Gasteiger charge is -2.50. The second-order valence-corrected chi connectivity index (χ2v) is 8.49. The van der Waals surface area contributed by atoms with Crippen LogP contribution < -0.4 is 0 Å². The second-order valence-electron chi connectivity index (χ2n) is 8.49. The number of ether oxygens (including phenoxy) is 1. The summed E-state index contributed by atoms with van der Waals surface area (Å²) >= 11 is 0. The zero-order chi connectivity index (χ0) is 19.9. The number of likely N-dealkylation sites (tertiary alicyclic amines) is 1. The number of phenols is 1. The van der Waals surface area contributed by atoms with Crippen LogP contribution >= 0.6 is 0 Å². The Morgan fingerprint density at radius 3 is 2.68 bits per heavy atom.